The molecule has 1 fully saturated rings. The van der Waals surface area contributed by atoms with Crippen molar-refractivity contribution >= 4 is 29.6 Å². The first kappa shape index (κ1) is 27.3. The summed E-state index contributed by atoms with van der Waals surface area (Å²) in [5.41, 5.74) is 16.1. The molecule has 13 heteroatoms. The van der Waals surface area contributed by atoms with Crippen molar-refractivity contribution in [2.24, 2.45) is 17.2 Å². The number of aliphatic carboxylic acids is 1. The number of carboxylic acids is 1. The Morgan fingerprint density at radius 1 is 1.06 bits per heavy atom. The van der Waals surface area contributed by atoms with Crippen LogP contribution in [0.1, 0.15) is 44.9 Å². The van der Waals surface area contributed by atoms with E-state index in [4.69, 9.17) is 17.2 Å². The van der Waals surface area contributed by atoms with Crippen molar-refractivity contribution < 1.29 is 34.2 Å². The number of rotatable bonds is 14. The van der Waals surface area contributed by atoms with Gasteiger partial charge in [-0.3, -0.25) is 19.2 Å². The van der Waals surface area contributed by atoms with Gasteiger partial charge in [-0.05, 0) is 45.1 Å². The number of amides is 4. The number of unbranched alkanes of at least 4 members (excludes halogenated alkanes) is 1. The third-order valence-electron chi connectivity index (χ3n) is 5.24. The van der Waals surface area contributed by atoms with Crippen molar-refractivity contribution in [2.75, 3.05) is 19.7 Å². The molecule has 4 unspecified atom stereocenters. The Bertz CT molecular complexity index is 689. The normalized spacial score (nSPS) is 18.5. The molecule has 0 radical (unpaired) electrons. The van der Waals surface area contributed by atoms with Gasteiger partial charge in [-0.15, -0.1) is 0 Å². The van der Waals surface area contributed by atoms with Gasteiger partial charge in [-0.25, -0.2) is 4.79 Å². The van der Waals surface area contributed by atoms with Crippen LogP contribution in [-0.2, 0) is 24.0 Å². The van der Waals surface area contributed by atoms with Crippen molar-refractivity contribution in [2.45, 2.75) is 69.1 Å². The number of carbonyl (C=O) groups excluding carboxylic acids is 4. The molecule has 0 bridgehead atoms. The van der Waals surface area contributed by atoms with Crippen LogP contribution in [0.2, 0.25) is 0 Å². The van der Waals surface area contributed by atoms with Crippen molar-refractivity contribution in [3.8, 4) is 0 Å². The Labute approximate surface area is 186 Å². The Balaban J connectivity index is 2.76. The van der Waals surface area contributed by atoms with Gasteiger partial charge in [0.05, 0.1) is 12.6 Å². The van der Waals surface area contributed by atoms with Crippen LogP contribution >= 0.6 is 0 Å². The third kappa shape index (κ3) is 8.40. The summed E-state index contributed by atoms with van der Waals surface area (Å²) in [5, 5.41) is 23.7. The lowest BCUT2D eigenvalue weighted by Gasteiger charge is -2.29. The van der Waals surface area contributed by atoms with Crippen LogP contribution in [0.25, 0.3) is 0 Å². The van der Waals surface area contributed by atoms with E-state index in [1.807, 2.05) is 0 Å². The summed E-state index contributed by atoms with van der Waals surface area (Å²) in [6.45, 7) is -0.109. The molecule has 32 heavy (non-hydrogen) atoms. The Morgan fingerprint density at radius 3 is 2.31 bits per heavy atom. The van der Waals surface area contributed by atoms with E-state index < -0.39 is 60.4 Å². The van der Waals surface area contributed by atoms with E-state index in [1.165, 1.54) is 4.90 Å². The first-order chi connectivity index (χ1) is 15.1. The van der Waals surface area contributed by atoms with E-state index in [9.17, 15) is 34.2 Å². The molecule has 4 amide bonds. The number of likely N-dealkylation sites (tertiary alicyclic amines) is 1. The second-order valence-corrected chi connectivity index (χ2v) is 7.73. The number of nitrogens with two attached hydrogens (primary N) is 3. The molecular weight excluding hydrogens is 424 g/mol. The number of carboxylic acid groups (broad SMARTS) is 1. The number of nitrogens with zero attached hydrogens (tertiary/aromatic N) is 1. The molecule has 13 nitrogen and oxygen atoms in total. The molecule has 0 aliphatic carbocycles. The van der Waals surface area contributed by atoms with E-state index >= 15 is 0 Å². The molecule has 1 saturated heterocycles. The minimum atomic E-state index is -1.34. The zero-order chi connectivity index (χ0) is 24.3. The van der Waals surface area contributed by atoms with Crippen molar-refractivity contribution in [3.05, 3.63) is 0 Å². The Morgan fingerprint density at radius 2 is 1.75 bits per heavy atom. The highest BCUT2D eigenvalue weighted by Crippen LogP contribution is 2.19. The molecule has 0 aromatic carbocycles. The lowest BCUT2D eigenvalue weighted by molar-refractivity contribution is -0.145. The molecular formula is C19H34N6O7. The zero-order valence-electron chi connectivity index (χ0n) is 18.0. The number of hydrogen-bond acceptors (Lipinski definition) is 8. The molecule has 1 rings (SSSR count). The maximum absolute atomic E-state index is 12.9. The van der Waals surface area contributed by atoms with Crippen molar-refractivity contribution in [1.29, 1.82) is 0 Å². The standard InChI is InChI=1S/C19H34N6O7/c20-8-2-1-4-12(19(31)32)23-17(29)14-5-3-9-25(14)18(30)13(10-26)24-16(28)11(21)6-7-15(22)27/h11-14,26H,1-10,20-21H2,(H2,22,27)(H,23,29)(H,24,28)(H,31,32). The highest BCUT2D eigenvalue weighted by Gasteiger charge is 2.38. The van der Waals surface area contributed by atoms with Crippen LogP contribution in [0.3, 0.4) is 0 Å². The predicted octanol–water partition coefficient (Wildman–Crippen LogP) is -3.25. The number of aliphatic hydroxyl groups is 1. The second-order valence-electron chi connectivity index (χ2n) is 7.73. The first-order valence-corrected chi connectivity index (χ1v) is 10.6. The van der Waals surface area contributed by atoms with Gasteiger partial charge in [0.25, 0.3) is 0 Å². The molecule has 4 atom stereocenters. The minimum Gasteiger partial charge on any atom is -0.480 e. The summed E-state index contributed by atoms with van der Waals surface area (Å²) in [5.74, 6) is -3.86. The third-order valence-corrected chi connectivity index (χ3v) is 5.24. The minimum absolute atomic E-state index is 0.0248. The fraction of sp³-hybridized carbons (Fsp3) is 0.737. The molecule has 0 aromatic heterocycles. The van der Waals surface area contributed by atoms with E-state index in [0.717, 1.165) is 0 Å². The maximum atomic E-state index is 12.9. The highest BCUT2D eigenvalue weighted by atomic mass is 16.4. The largest absolute Gasteiger partial charge is 0.480 e. The number of primary amides is 1. The number of hydrogen-bond donors (Lipinski definition) is 7. The van der Waals surface area contributed by atoms with Crippen LogP contribution in [0.5, 0.6) is 0 Å². The molecule has 10 N–H and O–H groups in total. The van der Waals surface area contributed by atoms with Gasteiger partial charge in [0.2, 0.25) is 23.6 Å². The average Bonchev–Trinajstić information content (AvgIpc) is 3.24. The molecule has 0 spiro atoms. The summed E-state index contributed by atoms with van der Waals surface area (Å²) in [4.78, 5) is 61.2. The SMILES string of the molecule is NCCCCC(NC(=O)C1CCCN1C(=O)C(CO)NC(=O)C(N)CCC(N)=O)C(=O)O. The predicted molar refractivity (Wildman–Crippen MR) is 113 cm³/mol. The monoisotopic (exact) mass is 458 g/mol. The fourth-order valence-electron chi connectivity index (χ4n) is 3.41. The van der Waals surface area contributed by atoms with Gasteiger partial charge in [0.1, 0.15) is 18.1 Å². The van der Waals surface area contributed by atoms with Crippen LogP contribution < -0.4 is 27.8 Å². The molecule has 0 saturated carbocycles. The van der Waals surface area contributed by atoms with Crippen LogP contribution in [0.15, 0.2) is 0 Å². The lowest BCUT2D eigenvalue weighted by atomic mass is 10.1. The molecule has 182 valence electrons. The Kier molecular flexibility index (Phi) is 11.6. The van der Waals surface area contributed by atoms with Crippen LogP contribution in [-0.4, -0.2) is 88.6 Å². The number of carbonyl (C=O) groups is 5. The Hall–Kier alpha value is -2.77. The van der Waals surface area contributed by atoms with E-state index in [1.54, 1.807) is 0 Å². The van der Waals surface area contributed by atoms with E-state index in [0.29, 0.717) is 32.2 Å². The summed E-state index contributed by atoms with van der Waals surface area (Å²) in [7, 11) is 0. The van der Waals surface area contributed by atoms with E-state index in [-0.39, 0.29) is 25.8 Å². The summed E-state index contributed by atoms with van der Waals surface area (Å²) in [6.07, 6.45) is 2.02. The van der Waals surface area contributed by atoms with Crippen molar-refractivity contribution in [1.82, 2.24) is 15.5 Å². The van der Waals surface area contributed by atoms with Gasteiger partial charge < -0.3 is 42.9 Å². The maximum Gasteiger partial charge on any atom is 0.326 e. The zero-order valence-corrected chi connectivity index (χ0v) is 18.0. The number of nitrogens with one attached hydrogen (secondary N) is 2. The van der Waals surface area contributed by atoms with Gasteiger partial charge in [-0.1, -0.05) is 0 Å². The summed E-state index contributed by atoms with van der Waals surface area (Å²) >= 11 is 0. The first-order valence-electron chi connectivity index (χ1n) is 10.6. The summed E-state index contributed by atoms with van der Waals surface area (Å²) in [6, 6.07) is -4.47. The van der Waals surface area contributed by atoms with Crippen molar-refractivity contribution in [3.63, 3.8) is 0 Å². The highest BCUT2D eigenvalue weighted by molar-refractivity contribution is 5.94. The fourth-order valence-corrected chi connectivity index (χ4v) is 3.41. The second kappa shape index (κ2) is 13.6. The van der Waals surface area contributed by atoms with Gasteiger partial charge in [0, 0.05) is 13.0 Å². The molecule has 1 aliphatic rings. The average molecular weight is 459 g/mol. The molecule has 1 heterocycles. The lowest BCUT2D eigenvalue weighted by Crippen LogP contribution is -2.57. The summed E-state index contributed by atoms with van der Waals surface area (Å²) < 4.78 is 0. The molecule has 1 aliphatic heterocycles. The van der Waals surface area contributed by atoms with Crippen LogP contribution in [0.4, 0.5) is 0 Å². The van der Waals surface area contributed by atoms with E-state index in [2.05, 4.69) is 10.6 Å². The molecule has 0 aromatic rings. The van der Waals surface area contributed by atoms with Crippen LogP contribution in [0, 0.1) is 0 Å². The van der Waals surface area contributed by atoms with Gasteiger partial charge >= 0.3 is 5.97 Å². The number of aliphatic hydroxyl groups excluding tert-OH is 1. The topological polar surface area (TPSA) is 231 Å². The smallest absolute Gasteiger partial charge is 0.326 e. The quantitative estimate of drug-likeness (QED) is 0.129. The van der Waals surface area contributed by atoms with Gasteiger partial charge in [0.15, 0.2) is 0 Å². The van der Waals surface area contributed by atoms with Gasteiger partial charge in [-0.2, -0.15) is 0 Å².